The number of aromatic nitrogens is 2. The number of carboxylic acids is 1. The average molecular weight is 532 g/mol. The second-order valence-corrected chi connectivity index (χ2v) is 9.63. The summed E-state index contributed by atoms with van der Waals surface area (Å²) < 4.78 is 18.8. The van der Waals surface area contributed by atoms with Crippen molar-refractivity contribution in [3.05, 3.63) is 66.1 Å². The second-order valence-electron chi connectivity index (χ2n) is 9.63. The lowest BCUT2D eigenvalue weighted by Gasteiger charge is -2.25. The van der Waals surface area contributed by atoms with E-state index in [-0.39, 0.29) is 0 Å². The highest BCUT2D eigenvalue weighted by Crippen LogP contribution is 2.36. The largest absolute Gasteiger partial charge is 0.490 e. The number of carboxylic acid groups (broad SMARTS) is 1. The van der Waals surface area contributed by atoms with E-state index in [1.165, 1.54) is 19.3 Å². The van der Waals surface area contributed by atoms with Gasteiger partial charge in [0.05, 0.1) is 36.1 Å². The van der Waals surface area contributed by atoms with Crippen LogP contribution in [0.2, 0.25) is 0 Å². The highest BCUT2D eigenvalue weighted by molar-refractivity contribution is 5.99. The molecule has 0 saturated heterocycles. The Morgan fingerprint density at radius 1 is 1.05 bits per heavy atom. The van der Waals surface area contributed by atoms with Crippen molar-refractivity contribution in [1.29, 1.82) is 0 Å². The third-order valence-electron chi connectivity index (χ3n) is 7.09. The lowest BCUT2D eigenvalue weighted by atomic mass is 9.95. The van der Waals surface area contributed by atoms with E-state index in [2.05, 4.69) is 9.88 Å². The number of ether oxygens (including phenoxy) is 2. The molecule has 1 amide bonds. The van der Waals surface area contributed by atoms with Gasteiger partial charge in [0, 0.05) is 11.6 Å². The molecular weight excluding hydrogens is 498 g/mol. The van der Waals surface area contributed by atoms with Crippen molar-refractivity contribution < 1.29 is 28.6 Å². The van der Waals surface area contributed by atoms with E-state index >= 15 is 0 Å². The monoisotopic (exact) mass is 531 g/mol. The van der Waals surface area contributed by atoms with Gasteiger partial charge in [0.2, 0.25) is 0 Å². The highest BCUT2D eigenvalue weighted by atomic mass is 16.5. The second kappa shape index (κ2) is 11.6. The van der Waals surface area contributed by atoms with Gasteiger partial charge in [-0.1, -0.05) is 25.3 Å². The van der Waals surface area contributed by atoms with E-state index in [1.54, 1.807) is 42.9 Å². The molecule has 0 spiro atoms. The Labute approximate surface area is 226 Å². The van der Waals surface area contributed by atoms with Gasteiger partial charge in [0.1, 0.15) is 12.1 Å². The van der Waals surface area contributed by atoms with Crippen molar-refractivity contribution >= 4 is 22.9 Å². The Kier molecular flexibility index (Phi) is 7.86. The zero-order valence-electron chi connectivity index (χ0n) is 22.2. The molecule has 5 rings (SSSR count). The number of carbonyl (C=O) groups is 2. The summed E-state index contributed by atoms with van der Waals surface area (Å²) in [6.45, 7) is 4.53. The first-order valence-electron chi connectivity index (χ1n) is 13.5. The number of carbonyl (C=O) groups excluding carboxylic acids is 1. The number of rotatable bonds is 10. The molecule has 39 heavy (non-hydrogen) atoms. The number of nitrogens with one attached hydrogen (secondary N) is 1. The van der Waals surface area contributed by atoms with Crippen molar-refractivity contribution in [1.82, 2.24) is 14.9 Å². The van der Waals surface area contributed by atoms with Gasteiger partial charge in [-0.25, -0.2) is 9.78 Å². The summed E-state index contributed by atoms with van der Waals surface area (Å²) >= 11 is 0. The van der Waals surface area contributed by atoms with Crippen molar-refractivity contribution in [3.63, 3.8) is 0 Å². The smallest absolute Gasteiger partial charge is 0.330 e. The molecule has 1 unspecified atom stereocenters. The number of amides is 1. The number of benzene rings is 2. The maximum atomic E-state index is 13.3. The zero-order valence-corrected chi connectivity index (χ0v) is 22.2. The number of furan rings is 1. The minimum atomic E-state index is -1.27. The van der Waals surface area contributed by atoms with Gasteiger partial charge < -0.3 is 28.9 Å². The van der Waals surface area contributed by atoms with Crippen LogP contribution >= 0.6 is 0 Å². The quantitative estimate of drug-likeness (QED) is 0.252. The van der Waals surface area contributed by atoms with E-state index in [9.17, 15) is 14.7 Å². The molecule has 1 atom stereocenters. The molecular formula is C30H33N3O6. The lowest BCUT2D eigenvalue weighted by Crippen LogP contribution is -2.33. The molecule has 204 valence electrons. The Morgan fingerprint density at radius 3 is 2.51 bits per heavy atom. The van der Waals surface area contributed by atoms with Crippen LogP contribution in [0.1, 0.15) is 74.0 Å². The molecule has 2 aromatic heterocycles. The fraction of sp³-hybridized carbons (Fsp3) is 0.367. The summed E-state index contributed by atoms with van der Waals surface area (Å²) in [4.78, 5) is 30.4. The molecule has 9 nitrogen and oxygen atoms in total. The van der Waals surface area contributed by atoms with Crippen LogP contribution in [0.15, 0.2) is 59.4 Å². The van der Waals surface area contributed by atoms with Gasteiger partial charge in [-0.2, -0.15) is 0 Å². The highest BCUT2D eigenvalue weighted by Gasteiger charge is 2.26. The minimum Gasteiger partial charge on any atom is -0.490 e. The third kappa shape index (κ3) is 5.48. The zero-order chi connectivity index (χ0) is 27.4. The molecule has 0 aliphatic heterocycles. The van der Waals surface area contributed by atoms with Crippen LogP contribution in [0.25, 0.3) is 22.4 Å². The van der Waals surface area contributed by atoms with Crippen LogP contribution in [0.4, 0.5) is 0 Å². The topological polar surface area (TPSA) is 116 Å². The standard InChI is InChI=1S/C30H33N3O6/c1-3-38-25-13-11-19(17-26(25)39-4-2)27(30(35)36)32-29(34)20-10-12-24-23(16-20)31-28(21-14-15-37-18-21)33(24)22-8-6-5-7-9-22/h10-18,22,27H,3-9H2,1-2H3,(H,32,34)(H,35,36). The van der Waals surface area contributed by atoms with Crippen molar-refractivity contribution in [2.45, 2.75) is 58.0 Å². The summed E-state index contributed by atoms with van der Waals surface area (Å²) in [6, 6.07) is 11.2. The van der Waals surface area contributed by atoms with Crippen molar-refractivity contribution in [2.75, 3.05) is 13.2 Å². The number of nitrogens with zero attached hydrogens (tertiary/aromatic N) is 2. The predicted octanol–water partition coefficient (Wildman–Crippen LogP) is 6.15. The number of hydrogen-bond donors (Lipinski definition) is 2. The SMILES string of the molecule is CCOc1ccc(C(NC(=O)c2ccc3c(c2)nc(-c2ccoc2)n3C2CCCCC2)C(=O)O)cc1OCC. The van der Waals surface area contributed by atoms with E-state index < -0.39 is 17.9 Å². The van der Waals surface area contributed by atoms with E-state index in [4.69, 9.17) is 18.9 Å². The summed E-state index contributed by atoms with van der Waals surface area (Å²) in [7, 11) is 0. The van der Waals surface area contributed by atoms with Crippen LogP contribution in [0.3, 0.4) is 0 Å². The molecule has 9 heteroatoms. The summed E-state index contributed by atoms with van der Waals surface area (Å²) in [5.74, 6) is 0.0716. The minimum absolute atomic E-state index is 0.323. The van der Waals surface area contributed by atoms with Crippen LogP contribution in [-0.2, 0) is 4.79 Å². The maximum absolute atomic E-state index is 13.3. The molecule has 1 fully saturated rings. The van der Waals surface area contributed by atoms with Crippen molar-refractivity contribution in [3.8, 4) is 22.9 Å². The van der Waals surface area contributed by atoms with Crippen molar-refractivity contribution in [2.24, 2.45) is 0 Å². The van der Waals surface area contributed by atoms with Gasteiger partial charge in [-0.15, -0.1) is 0 Å². The Morgan fingerprint density at radius 2 is 1.82 bits per heavy atom. The van der Waals surface area contributed by atoms with Crippen LogP contribution in [0, 0.1) is 0 Å². The van der Waals surface area contributed by atoms with Crippen LogP contribution < -0.4 is 14.8 Å². The molecule has 1 saturated carbocycles. The van der Waals surface area contributed by atoms with Gasteiger partial charge in [-0.3, -0.25) is 4.79 Å². The van der Waals surface area contributed by atoms with Crippen LogP contribution in [-0.4, -0.2) is 39.7 Å². The first kappa shape index (κ1) is 26.3. The molecule has 2 aromatic carbocycles. The third-order valence-corrected chi connectivity index (χ3v) is 7.09. The Bertz CT molecular complexity index is 1450. The summed E-state index contributed by atoms with van der Waals surface area (Å²) in [5, 5.41) is 12.6. The molecule has 2 heterocycles. The van der Waals surface area contributed by atoms with Gasteiger partial charge >= 0.3 is 5.97 Å². The molecule has 0 bridgehead atoms. The number of aliphatic carboxylic acids is 1. The van der Waals surface area contributed by atoms with Gasteiger partial charge in [0.25, 0.3) is 5.91 Å². The fourth-order valence-corrected chi connectivity index (χ4v) is 5.29. The first-order chi connectivity index (χ1) is 19.0. The fourth-order valence-electron chi connectivity index (χ4n) is 5.29. The first-order valence-corrected chi connectivity index (χ1v) is 13.5. The summed E-state index contributed by atoms with van der Waals surface area (Å²) in [6.07, 6.45) is 9.03. The predicted molar refractivity (Wildman–Crippen MR) is 146 cm³/mol. The number of imidazole rings is 1. The number of hydrogen-bond acceptors (Lipinski definition) is 6. The van der Waals surface area contributed by atoms with Gasteiger partial charge in [0.15, 0.2) is 17.5 Å². The Hall–Kier alpha value is -4.27. The lowest BCUT2D eigenvalue weighted by molar-refractivity contribution is -0.139. The van der Waals surface area contributed by atoms with E-state index in [1.807, 2.05) is 26.0 Å². The Balaban J connectivity index is 1.46. The molecule has 1 aliphatic carbocycles. The molecule has 4 aromatic rings. The number of fused-ring (bicyclic) bond motifs is 1. The molecule has 1 aliphatic rings. The maximum Gasteiger partial charge on any atom is 0.330 e. The average Bonchev–Trinajstić information content (AvgIpc) is 3.61. The van der Waals surface area contributed by atoms with E-state index in [0.29, 0.717) is 47.4 Å². The molecule has 2 N–H and O–H groups in total. The summed E-state index contributed by atoms with van der Waals surface area (Å²) in [5.41, 5.74) is 3.21. The molecule has 0 radical (unpaired) electrons. The van der Waals surface area contributed by atoms with E-state index in [0.717, 1.165) is 29.7 Å². The van der Waals surface area contributed by atoms with Crippen LogP contribution in [0.5, 0.6) is 11.5 Å². The normalized spacial score (nSPS) is 14.7. The van der Waals surface area contributed by atoms with Gasteiger partial charge in [-0.05, 0) is 68.7 Å².